The second-order valence-corrected chi connectivity index (χ2v) is 9.15. The van der Waals surface area contributed by atoms with Crippen molar-refractivity contribution in [1.82, 2.24) is 24.7 Å². The summed E-state index contributed by atoms with van der Waals surface area (Å²) in [6.07, 6.45) is 0. The van der Waals surface area contributed by atoms with Crippen molar-refractivity contribution in [2.45, 2.75) is 6.92 Å². The number of aromatic amines is 1. The smallest absolute Gasteiger partial charge is 0.283 e. The molecule has 0 radical (unpaired) electrons. The third kappa shape index (κ3) is 4.17. The number of hydrazone groups is 1. The molecule has 1 saturated heterocycles. The maximum atomic E-state index is 13.7. The summed E-state index contributed by atoms with van der Waals surface area (Å²) in [4.78, 5) is 20.6. The minimum absolute atomic E-state index is 0.157. The highest BCUT2D eigenvalue weighted by Crippen LogP contribution is 2.27. The Hall–Kier alpha value is -3.43. The average Bonchev–Trinajstić information content (AvgIpc) is 3.41. The number of rotatable bonds is 5. The van der Waals surface area contributed by atoms with Crippen molar-refractivity contribution in [2.24, 2.45) is 5.10 Å². The number of thiazole rings is 1. The second kappa shape index (κ2) is 8.84. The normalized spacial score (nSPS) is 15.4. The topological polar surface area (TPSA) is 78.8 Å². The molecule has 5 rings (SSSR count). The Morgan fingerprint density at radius 3 is 2.52 bits per heavy atom. The van der Waals surface area contributed by atoms with Crippen LogP contribution in [0, 0.1) is 0 Å². The van der Waals surface area contributed by atoms with Crippen molar-refractivity contribution in [3.8, 4) is 22.1 Å². The number of H-pyrrole nitrogens is 1. The lowest BCUT2D eigenvalue weighted by molar-refractivity contribution is 0.159. The zero-order chi connectivity index (χ0) is 22.9. The van der Waals surface area contributed by atoms with Gasteiger partial charge in [0.15, 0.2) is 0 Å². The molecule has 9 heteroatoms. The number of nitrogens with zero attached hydrogens (tertiary/aromatic N) is 5. The maximum Gasteiger partial charge on any atom is 0.283 e. The van der Waals surface area contributed by atoms with Crippen LogP contribution >= 0.6 is 11.3 Å². The summed E-state index contributed by atoms with van der Waals surface area (Å²) in [5.74, 6) is 0.760. The van der Waals surface area contributed by atoms with E-state index in [9.17, 15) is 4.79 Å². The number of ether oxygens (including phenoxy) is 1. The summed E-state index contributed by atoms with van der Waals surface area (Å²) >= 11 is 1.48. The van der Waals surface area contributed by atoms with Gasteiger partial charge in [-0.2, -0.15) is 9.78 Å². The van der Waals surface area contributed by atoms with Gasteiger partial charge in [-0.15, -0.1) is 0 Å². The number of para-hydroxylation sites is 1. The predicted octanol–water partition coefficient (Wildman–Crippen LogP) is 3.42. The highest BCUT2D eigenvalue weighted by molar-refractivity contribution is 7.20. The molecule has 0 amide bonds. The Balaban J connectivity index is 1.63. The first-order valence-corrected chi connectivity index (χ1v) is 11.7. The number of benzene rings is 2. The van der Waals surface area contributed by atoms with Crippen molar-refractivity contribution < 1.29 is 4.74 Å². The van der Waals surface area contributed by atoms with E-state index in [0.717, 1.165) is 53.4 Å². The summed E-state index contributed by atoms with van der Waals surface area (Å²) in [6, 6.07) is 15.6. The molecule has 1 aliphatic heterocycles. The third-order valence-electron chi connectivity index (χ3n) is 5.88. The molecule has 1 N–H and O–H groups in total. The van der Waals surface area contributed by atoms with Crippen LogP contribution in [0.15, 0.2) is 58.4 Å². The molecule has 0 atom stereocenters. The molecule has 0 spiro atoms. The van der Waals surface area contributed by atoms with Gasteiger partial charge >= 0.3 is 0 Å². The highest BCUT2D eigenvalue weighted by atomic mass is 32.1. The molecular formula is C24H26N6O2S. The monoisotopic (exact) mass is 462 g/mol. The van der Waals surface area contributed by atoms with Gasteiger partial charge in [0.05, 0.1) is 34.3 Å². The maximum absolute atomic E-state index is 13.7. The zero-order valence-corrected chi connectivity index (χ0v) is 19.7. The van der Waals surface area contributed by atoms with E-state index in [4.69, 9.17) is 9.84 Å². The van der Waals surface area contributed by atoms with E-state index >= 15 is 0 Å². The first kappa shape index (κ1) is 21.4. The van der Waals surface area contributed by atoms with Gasteiger partial charge in [-0.05, 0) is 50.4 Å². The fourth-order valence-corrected chi connectivity index (χ4v) is 4.91. The van der Waals surface area contributed by atoms with Crippen molar-refractivity contribution >= 4 is 27.3 Å². The van der Waals surface area contributed by atoms with E-state index < -0.39 is 0 Å². The standard InChI is InChI=1S/C24H26N6O2S/c1-16(26-29-14-12-28(2)13-15-29)21-22(17-8-10-18(32-3)11-9-17)27-30(23(21)31)24-25-19-6-4-5-7-20(19)33-24/h4-11,27H,12-15H2,1-3H3. The lowest BCUT2D eigenvalue weighted by Gasteiger charge is -2.30. The molecule has 0 aliphatic carbocycles. The van der Waals surface area contributed by atoms with Crippen LogP contribution in [-0.4, -0.2) is 70.7 Å². The van der Waals surface area contributed by atoms with Gasteiger partial charge in [0.1, 0.15) is 5.75 Å². The molecule has 0 unspecified atom stereocenters. The van der Waals surface area contributed by atoms with Gasteiger partial charge in [0.25, 0.3) is 5.56 Å². The number of aromatic nitrogens is 3. The SMILES string of the molecule is COc1ccc(-c2[nH]n(-c3nc4ccccc4s3)c(=O)c2C(C)=NN2CCN(C)CC2)cc1. The third-order valence-corrected chi connectivity index (χ3v) is 6.90. The van der Waals surface area contributed by atoms with Crippen LogP contribution in [0.3, 0.4) is 0 Å². The van der Waals surface area contributed by atoms with Crippen molar-refractivity contribution in [3.05, 3.63) is 64.4 Å². The molecule has 1 fully saturated rings. The second-order valence-electron chi connectivity index (χ2n) is 8.14. The average molecular weight is 463 g/mol. The fraction of sp³-hybridized carbons (Fsp3) is 0.292. The molecule has 0 saturated carbocycles. The van der Waals surface area contributed by atoms with Crippen LogP contribution in [0.5, 0.6) is 5.75 Å². The quantitative estimate of drug-likeness (QED) is 0.460. The van der Waals surface area contributed by atoms with Gasteiger partial charge in [-0.1, -0.05) is 23.5 Å². The number of fused-ring (bicyclic) bond motifs is 1. The van der Waals surface area contributed by atoms with Crippen LogP contribution < -0.4 is 10.3 Å². The summed E-state index contributed by atoms with van der Waals surface area (Å²) in [6.45, 7) is 5.47. The number of hydrogen-bond donors (Lipinski definition) is 1. The van der Waals surface area contributed by atoms with Gasteiger partial charge in [-0.25, -0.2) is 4.98 Å². The highest BCUT2D eigenvalue weighted by Gasteiger charge is 2.22. The number of piperazine rings is 1. The molecule has 3 heterocycles. The van der Waals surface area contributed by atoms with Crippen LogP contribution in [0.2, 0.25) is 0 Å². The molecule has 0 bridgehead atoms. The largest absolute Gasteiger partial charge is 0.497 e. The van der Waals surface area contributed by atoms with E-state index in [1.165, 1.54) is 16.0 Å². The summed E-state index contributed by atoms with van der Waals surface area (Å²) in [5.41, 5.74) is 3.56. The molecule has 33 heavy (non-hydrogen) atoms. The summed E-state index contributed by atoms with van der Waals surface area (Å²) in [5, 5.41) is 10.8. The Morgan fingerprint density at radius 2 is 1.82 bits per heavy atom. The Labute approximate surface area is 195 Å². The zero-order valence-electron chi connectivity index (χ0n) is 18.9. The lowest BCUT2D eigenvalue weighted by atomic mass is 10.1. The lowest BCUT2D eigenvalue weighted by Crippen LogP contribution is -2.42. The summed E-state index contributed by atoms with van der Waals surface area (Å²) in [7, 11) is 3.75. The number of methoxy groups -OCH3 is 1. The first-order chi connectivity index (χ1) is 16.0. The van der Waals surface area contributed by atoms with Crippen molar-refractivity contribution in [2.75, 3.05) is 40.3 Å². The molecular weight excluding hydrogens is 436 g/mol. The molecule has 8 nitrogen and oxygen atoms in total. The van der Waals surface area contributed by atoms with E-state index in [1.807, 2.05) is 60.5 Å². The van der Waals surface area contributed by atoms with E-state index in [2.05, 4.69) is 22.0 Å². The van der Waals surface area contributed by atoms with Crippen LogP contribution in [0.1, 0.15) is 12.5 Å². The molecule has 4 aromatic rings. The minimum Gasteiger partial charge on any atom is -0.497 e. The molecule has 2 aromatic heterocycles. The number of nitrogens with one attached hydrogen (secondary N) is 1. The van der Waals surface area contributed by atoms with E-state index in [1.54, 1.807) is 7.11 Å². The number of hydrogen-bond acceptors (Lipinski definition) is 7. The van der Waals surface area contributed by atoms with Gasteiger partial charge in [-0.3, -0.25) is 14.9 Å². The molecule has 2 aromatic carbocycles. The van der Waals surface area contributed by atoms with Crippen LogP contribution in [0.4, 0.5) is 0 Å². The first-order valence-electron chi connectivity index (χ1n) is 10.9. The fourth-order valence-electron chi connectivity index (χ4n) is 3.99. The van der Waals surface area contributed by atoms with Gasteiger partial charge in [0.2, 0.25) is 5.13 Å². The van der Waals surface area contributed by atoms with E-state index in [-0.39, 0.29) is 5.56 Å². The number of likely N-dealkylation sites (N-methyl/N-ethyl adjacent to an activating group) is 1. The van der Waals surface area contributed by atoms with Gasteiger partial charge in [0, 0.05) is 31.7 Å². The van der Waals surface area contributed by atoms with Crippen molar-refractivity contribution in [1.29, 1.82) is 0 Å². The van der Waals surface area contributed by atoms with E-state index in [0.29, 0.717) is 16.4 Å². The Kier molecular flexibility index (Phi) is 5.74. The molecule has 1 aliphatic rings. The summed E-state index contributed by atoms with van der Waals surface area (Å²) < 4.78 is 7.87. The predicted molar refractivity (Wildman–Crippen MR) is 133 cm³/mol. The Morgan fingerprint density at radius 1 is 1.09 bits per heavy atom. The van der Waals surface area contributed by atoms with Gasteiger partial charge < -0.3 is 9.64 Å². The molecule has 170 valence electrons. The Bertz CT molecular complexity index is 1330. The van der Waals surface area contributed by atoms with Crippen LogP contribution in [0.25, 0.3) is 26.6 Å². The minimum atomic E-state index is -0.157. The van der Waals surface area contributed by atoms with Crippen LogP contribution in [-0.2, 0) is 0 Å². The van der Waals surface area contributed by atoms with Crippen molar-refractivity contribution in [3.63, 3.8) is 0 Å².